The molecular formula is C26H23N9O3. The fraction of sp³-hybridized carbons (Fsp3) is 0.269. The number of amides is 1. The molecular weight excluding hydrogens is 486 g/mol. The molecule has 0 bridgehead atoms. The van der Waals surface area contributed by atoms with E-state index in [9.17, 15) is 4.79 Å². The van der Waals surface area contributed by atoms with Crippen LogP contribution in [0.3, 0.4) is 0 Å². The van der Waals surface area contributed by atoms with Gasteiger partial charge < -0.3 is 19.1 Å². The monoisotopic (exact) mass is 509 g/mol. The Morgan fingerprint density at radius 1 is 1.03 bits per heavy atom. The van der Waals surface area contributed by atoms with Crippen LogP contribution in [0.2, 0.25) is 0 Å². The molecule has 0 saturated heterocycles. The van der Waals surface area contributed by atoms with E-state index in [0.717, 1.165) is 35.4 Å². The first-order valence-corrected chi connectivity index (χ1v) is 12.4. The first-order chi connectivity index (χ1) is 18.7. The van der Waals surface area contributed by atoms with Crippen molar-refractivity contribution in [1.82, 2.24) is 40.5 Å². The van der Waals surface area contributed by atoms with Crippen LogP contribution in [-0.4, -0.2) is 59.0 Å². The Kier molecular flexibility index (Phi) is 5.42. The number of furan rings is 1. The maximum atomic E-state index is 12.7. The zero-order chi connectivity index (χ0) is 25.5. The van der Waals surface area contributed by atoms with Crippen molar-refractivity contribution in [2.45, 2.75) is 38.3 Å². The minimum atomic E-state index is -0.0981. The lowest BCUT2D eigenvalue weighted by atomic mass is 10.0. The molecule has 190 valence electrons. The molecule has 5 aromatic rings. The van der Waals surface area contributed by atoms with Crippen LogP contribution in [0.5, 0.6) is 0 Å². The highest BCUT2D eigenvalue weighted by Gasteiger charge is 2.26. The standard InChI is InChI=1S/C26H23N9O3/c36-24(35-5-3-21-22(13-35)31-34-30-21)10-23-32-33-25(38-23)19-11-27-26(28-12-19)29-20-8-16-2-1-15(7-18(16)9-20)17-4-6-37-14-17/h1-2,4,6-7,11-12,14,20H,3,5,8-10,13H2,(H,27,28,29)(H,30,31,34)/t20-/m0/s1. The summed E-state index contributed by atoms with van der Waals surface area (Å²) in [6.07, 6.45) is 9.22. The van der Waals surface area contributed by atoms with Gasteiger partial charge in [-0.05, 0) is 35.6 Å². The van der Waals surface area contributed by atoms with Crippen LogP contribution in [0.15, 0.2) is 58.0 Å². The van der Waals surface area contributed by atoms with Crippen molar-refractivity contribution in [2.75, 3.05) is 11.9 Å². The predicted octanol–water partition coefficient (Wildman–Crippen LogP) is 2.61. The molecule has 1 aromatic carbocycles. The maximum absolute atomic E-state index is 12.7. The largest absolute Gasteiger partial charge is 0.472 e. The molecule has 1 aliphatic carbocycles. The van der Waals surface area contributed by atoms with Crippen LogP contribution in [0.1, 0.15) is 28.4 Å². The summed E-state index contributed by atoms with van der Waals surface area (Å²) in [5.74, 6) is 0.960. The number of nitrogens with one attached hydrogen (secondary N) is 2. The average Bonchev–Trinajstić information content (AvgIpc) is 3.75. The van der Waals surface area contributed by atoms with Gasteiger partial charge in [-0.3, -0.25) is 4.79 Å². The third kappa shape index (κ3) is 4.29. The molecule has 0 radical (unpaired) electrons. The molecule has 2 N–H and O–H groups in total. The molecule has 2 aliphatic rings. The quantitative estimate of drug-likeness (QED) is 0.349. The van der Waals surface area contributed by atoms with E-state index < -0.39 is 0 Å². The molecule has 12 heteroatoms. The molecule has 0 fully saturated rings. The van der Waals surface area contributed by atoms with E-state index in [1.165, 1.54) is 11.1 Å². The molecule has 1 aliphatic heterocycles. The lowest BCUT2D eigenvalue weighted by molar-refractivity contribution is -0.131. The van der Waals surface area contributed by atoms with Gasteiger partial charge in [0.05, 0.1) is 30.3 Å². The molecule has 1 amide bonds. The van der Waals surface area contributed by atoms with Crippen molar-refractivity contribution >= 4 is 11.9 Å². The Balaban J connectivity index is 0.965. The van der Waals surface area contributed by atoms with Crippen molar-refractivity contribution < 1.29 is 13.6 Å². The molecule has 1 atom stereocenters. The number of nitrogens with zero attached hydrogens (tertiary/aromatic N) is 7. The zero-order valence-corrected chi connectivity index (χ0v) is 20.3. The van der Waals surface area contributed by atoms with Crippen molar-refractivity contribution in [2.24, 2.45) is 0 Å². The highest BCUT2D eigenvalue weighted by Crippen LogP contribution is 2.29. The van der Waals surface area contributed by atoms with E-state index in [1.807, 2.05) is 6.07 Å². The van der Waals surface area contributed by atoms with Gasteiger partial charge in [-0.2, -0.15) is 15.4 Å². The second kappa shape index (κ2) is 9.21. The number of carbonyl (C=O) groups is 1. The van der Waals surface area contributed by atoms with E-state index in [1.54, 1.807) is 29.8 Å². The third-order valence-electron chi connectivity index (χ3n) is 7.01. The van der Waals surface area contributed by atoms with Gasteiger partial charge in [0.1, 0.15) is 12.1 Å². The Hall–Kier alpha value is -4.87. The lowest BCUT2D eigenvalue weighted by Gasteiger charge is -2.24. The first-order valence-electron chi connectivity index (χ1n) is 12.4. The van der Waals surface area contributed by atoms with Crippen molar-refractivity contribution in [3.63, 3.8) is 0 Å². The molecule has 0 spiro atoms. The summed E-state index contributed by atoms with van der Waals surface area (Å²) in [4.78, 5) is 23.3. The van der Waals surface area contributed by atoms with Crippen LogP contribution in [0.4, 0.5) is 5.95 Å². The van der Waals surface area contributed by atoms with E-state index in [0.29, 0.717) is 31.0 Å². The molecule has 7 rings (SSSR count). The minimum absolute atomic E-state index is 0.0191. The second-order valence-electron chi connectivity index (χ2n) is 9.50. The van der Waals surface area contributed by atoms with E-state index in [2.05, 4.69) is 59.1 Å². The fourth-order valence-corrected chi connectivity index (χ4v) is 5.02. The average molecular weight is 510 g/mol. The topological polar surface area (TPSA) is 152 Å². The lowest BCUT2D eigenvalue weighted by Crippen LogP contribution is -2.37. The zero-order valence-electron chi connectivity index (χ0n) is 20.3. The number of carbonyl (C=O) groups excluding carboxylic acids is 1. The van der Waals surface area contributed by atoms with Gasteiger partial charge >= 0.3 is 0 Å². The summed E-state index contributed by atoms with van der Waals surface area (Å²) in [7, 11) is 0. The number of benzene rings is 1. The van der Waals surface area contributed by atoms with Gasteiger partial charge in [0.25, 0.3) is 5.89 Å². The number of hydrogen-bond acceptors (Lipinski definition) is 10. The van der Waals surface area contributed by atoms with E-state index >= 15 is 0 Å². The Morgan fingerprint density at radius 2 is 1.89 bits per heavy atom. The normalized spacial score (nSPS) is 16.3. The van der Waals surface area contributed by atoms with Crippen molar-refractivity contribution in [3.05, 3.63) is 77.6 Å². The van der Waals surface area contributed by atoms with E-state index in [-0.39, 0.29) is 30.2 Å². The number of fused-ring (bicyclic) bond motifs is 2. The van der Waals surface area contributed by atoms with Crippen LogP contribution >= 0.6 is 0 Å². The summed E-state index contributed by atoms with van der Waals surface area (Å²) in [5.41, 5.74) is 7.16. The van der Waals surface area contributed by atoms with Crippen LogP contribution in [0, 0.1) is 0 Å². The highest BCUT2D eigenvalue weighted by atomic mass is 16.4. The summed E-state index contributed by atoms with van der Waals surface area (Å²) in [6, 6.07) is 8.70. The summed E-state index contributed by atoms with van der Waals surface area (Å²) in [5, 5.41) is 22.3. The predicted molar refractivity (Wildman–Crippen MR) is 133 cm³/mol. The van der Waals surface area contributed by atoms with Crippen LogP contribution in [0.25, 0.3) is 22.6 Å². The number of rotatable bonds is 6. The smallest absolute Gasteiger partial charge is 0.250 e. The first kappa shape index (κ1) is 22.3. The molecule has 0 unspecified atom stereocenters. The highest BCUT2D eigenvalue weighted by molar-refractivity contribution is 5.78. The van der Waals surface area contributed by atoms with Gasteiger partial charge in [0.15, 0.2) is 0 Å². The number of aromatic nitrogens is 7. The Labute approximate surface area is 216 Å². The Morgan fingerprint density at radius 3 is 2.76 bits per heavy atom. The number of hydrogen-bond donors (Lipinski definition) is 2. The second-order valence-corrected chi connectivity index (χ2v) is 9.50. The molecule has 38 heavy (non-hydrogen) atoms. The van der Waals surface area contributed by atoms with Crippen LogP contribution < -0.4 is 5.32 Å². The summed E-state index contributed by atoms with van der Waals surface area (Å²) < 4.78 is 10.9. The van der Waals surface area contributed by atoms with Crippen molar-refractivity contribution in [3.8, 4) is 22.6 Å². The van der Waals surface area contributed by atoms with Gasteiger partial charge in [-0.15, -0.1) is 10.2 Å². The van der Waals surface area contributed by atoms with Gasteiger partial charge in [0, 0.05) is 37.0 Å². The minimum Gasteiger partial charge on any atom is -0.472 e. The fourth-order valence-electron chi connectivity index (χ4n) is 5.02. The molecule has 12 nitrogen and oxygen atoms in total. The van der Waals surface area contributed by atoms with Gasteiger partial charge in [-0.1, -0.05) is 18.2 Å². The molecule has 4 aromatic heterocycles. The SMILES string of the molecule is O=C(Cc1nnc(-c2cnc(N[C@H]3Cc4ccc(-c5ccoc5)cc4C3)nc2)o1)N1CCc2n[nH]nc2C1. The summed E-state index contributed by atoms with van der Waals surface area (Å²) >= 11 is 0. The maximum Gasteiger partial charge on any atom is 0.250 e. The van der Waals surface area contributed by atoms with Crippen LogP contribution in [-0.2, 0) is 37.0 Å². The number of aromatic amines is 1. The van der Waals surface area contributed by atoms with Gasteiger partial charge in [0.2, 0.25) is 17.7 Å². The summed E-state index contributed by atoms with van der Waals surface area (Å²) in [6.45, 7) is 1.00. The van der Waals surface area contributed by atoms with E-state index in [4.69, 9.17) is 8.83 Å². The van der Waals surface area contributed by atoms with Crippen molar-refractivity contribution in [1.29, 1.82) is 0 Å². The third-order valence-corrected chi connectivity index (χ3v) is 7.01. The number of anilines is 1. The molecule has 0 saturated carbocycles. The number of H-pyrrole nitrogens is 1. The Bertz CT molecular complexity index is 1590. The molecule has 5 heterocycles. The van der Waals surface area contributed by atoms with Gasteiger partial charge in [-0.25, -0.2) is 9.97 Å².